The summed E-state index contributed by atoms with van der Waals surface area (Å²) in [5.41, 5.74) is 7.74. The summed E-state index contributed by atoms with van der Waals surface area (Å²) in [6.07, 6.45) is 1.91. The van der Waals surface area contributed by atoms with Gasteiger partial charge in [-0.3, -0.25) is 4.79 Å². The van der Waals surface area contributed by atoms with Crippen molar-refractivity contribution in [3.63, 3.8) is 0 Å². The lowest BCUT2D eigenvalue weighted by Crippen LogP contribution is -2.41. The highest BCUT2D eigenvalue weighted by molar-refractivity contribution is 7.99. The Balaban J connectivity index is 2.79. The number of aliphatic hydroxyl groups excluding tert-OH is 1. The predicted octanol–water partition coefficient (Wildman–Crippen LogP) is 1.42. The number of nitrogens with one attached hydrogen (secondary N) is 1. The highest BCUT2D eigenvalue weighted by Crippen LogP contribution is 2.15. The standard InChI is InChI=1S/C13H20N2O2S/c1-8-4-5-11(14)10(6-8)13(17)15-9(2)12(7-16)18-3/h4-6,9,12,16H,7,14H2,1-3H3,(H,15,17). The highest BCUT2D eigenvalue weighted by atomic mass is 32.2. The van der Waals surface area contributed by atoms with Crippen molar-refractivity contribution in [3.8, 4) is 0 Å². The molecule has 1 aromatic rings. The number of rotatable bonds is 5. The first-order valence-corrected chi connectivity index (χ1v) is 7.09. The Bertz CT molecular complexity index is 419. The third-order valence-corrected chi connectivity index (χ3v) is 4.02. The molecule has 0 radical (unpaired) electrons. The molecule has 4 nitrogen and oxygen atoms in total. The zero-order valence-electron chi connectivity index (χ0n) is 10.9. The maximum Gasteiger partial charge on any atom is 0.253 e. The molecule has 18 heavy (non-hydrogen) atoms. The number of benzene rings is 1. The van der Waals surface area contributed by atoms with Crippen LogP contribution in [-0.4, -0.2) is 35.2 Å². The van der Waals surface area contributed by atoms with Crippen LogP contribution in [0.1, 0.15) is 22.8 Å². The lowest BCUT2D eigenvalue weighted by atomic mass is 10.1. The van der Waals surface area contributed by atoms with E-state index in [9.17, 15) is 9.90 Å². The van der Waals surface area contributed by atoms with Gasteiger partial charge in [0, 0.05) is 17.0 Å². The van der Waals surface area contributed by atoms with E-state index in [4.69, 9.17) is 5.73 Å². The minimum absolute atomic E-state index is 0.0139. The summed E-state index contributed by atoms with van der Waals surface area (Å²) in [7, 11) is 0. The van der Waals surface area contributed by atoms with Crippen molar-refractivity contribution < 1.29 is 9.90 Å². The molecule has 2 unspecified atom stereocenters. The van der Waals surface area contributed by atoms with Gasteiger partial charge in [0.25, 0.3) is 5.91 Å². The summed E-state index contributed by atoms with van der Waals surface area (Å²) in [6, 6.07) is 5.25. The van der Waals surface area contributed by atoms with Gasteiger partial charge in [-0.1, -0.05) is 11.6 Å². The van der Waals surface area contributed by atoms with E-state index in [0.29, 0.717) is 11.3 Å². The number of carbonyl (C=O) groups is 1. The van der Waals surface area contributed by atoms with Gasteiger partial charge in [0.1, 0.15) is 0 Å². The van der Waals surface area contributed by atoms with E-state index in [1.807, 2.05) is 26.2 Å². The second-order valence-corrected chi connectivity index (χ2v) is 5.39. The molecule has 100 valence electrons. The minimum atomic E-state index is -0.198. The van der Waals surface area contributed by atoms with Crippen LogP contribution in [0, 0.1) is 6.92 Å². The number of nitrogens with two attached hydrogens (primary N) is 1. The van der Waals surface area contributed by atoms with Crippen molar-refractivity contribution in [2.75, 3.05) is 18.6 Å². The minimum Gasteiger partial charge on any atom is -0.398 e. The molecular formula is C13H20N2O2S. The highest BCUT2D eigenvalue weighted by Gasteiger charge is 2.19. The molecule has 0 saturated heterocycles. The molecule has 4 N–H and O–H groups in total. The Labute approximate surface area is 112 Å². The smallest absolute Gasteiger partial charge is 0.253 e. The second kappa shape index (κ2) is 6.66. The summed E-state index contributed by atoms with van der Waals surface area (Å²) in [6.45, 7) is 3.82. The van der Waals surface area contributed by atoms with Gasteiger partial charge in [0.15, 0.2) is 0 Å². The van der Waals surface area contributed by atoms with E-state index in [0.717, 1.165) is 5.56 Å². The van der Waals surface area contributed by atoms with Crippen molar-refractivity contribution in [1.29, 1.82) is 0 Å². The fourth-order valence-electron chi connectivity index (χ4n) is 1.68. The third-order valence-electron chi connectivity index (χ3n) is 2.85. The average molecular weight is 268 g/mol. The lowest BCUT2D eigenvalue weighted by Gasteiger charge is -2.21. The average Bonchev–Trinajstić information content (AvgIpc) is 2.33. The van der Waals surface area contributed by atoms with E-state index < -0.39 is 0 Å². The third kappa shape index (κ3) is 3.65. The monoisotopic (exact) mass is 268 g/mol. The summed E-state index contributed by atoms with van der Waals surface area (Å²) < 4.78 is 0. The van der Waals surface area contributed by atoms with Gasteiger partial charge in [-0.05, 0) is 32.2 Å². The topological polar surface area (TPSA) is 75.3 Å². The van der Waals surface area contributed by atoms with Crippen molar-refractivity contribution in [2.45, 2.75) is 25.1 Å². The molecule has 1 aromatic carbocycles. The number of carbonyl (C=O) groups excluding carboxylic acids is 1. The molecule has 0 bridgehead atoms. The molecule has 0 aliphatic heterocycles. The maximum atomic E-state index is 12.1. The number of anilines is 1. The number of nitrogen functional groups attached to an aromatic ring is 1. The zero-order chi connectivity index (χ0) is 13.7. The first-order chi connectivity index (χ1) is 8.49. The van der Waals surface area contributed by atoms with Crippen LogP contribution >= 0.6 is 11.8 Å². The molecule has 0 fully saturated rings. The van der Waals surface area contributed by atoms with E-state index in [1.165, 1.54) is 11.8 Å². The predicted molar refractivity (Wildman–Crippen MR) is 76.9 cm³/mol. The molecule has 0 spiro atoms. The van der Waals surface area contributed by atoms with Crippen molar-refractivity contribution in [2.24, 2.45) is 0 Å². The molecule has 0 saturated carbocycles. The summed E-state index contributed by atoms with van der Waals surface area (Å²) in [4.78, 5) is 12.1. The number of aliphatic hydroxyl groups is 1. The van der Waals surface area contributed by atoms with Crippen LogP contribution in [0.3, 0.4) is 0 Å². The number of amides is 1. The van der Waals surface area contributed by atoms with Gasteiger partial charge in [-0.2, -0.15) is 11.8 Å². The fraction of sp³-hybridized carbons (Fsp3) is 0.462. The van der Waals surface area contributed by atoms with Gasteiger partial charge in [0.05, 0.1) is 12.2 Å². The largest absolute Gasteiger partial charge is 0.398 e. The van der Waals surface area contributed by atoms with E-state index in [-0.39, 0.29) is 23.8 Å². The molecule has 0 aliphatic rings. The van der Waals surface area contributed by atoms with Crippen LogP contribution in [0.2, 0.25) is 0 Å². The Hall–Kier alpha value is -1.20. The quantitative estimate of drug-likeness (QED) is 0.706. The van der Waals surface area contributed by atoms with Gasteiger partial charge in [0.2, 0.25) is 0 Å². The van der Waals surface area contributed by atoms with E-state index >= 15 is 0 Å². The van der Waals surface area contributed by atoms with Crippen LogP contribution in [-0.2, 0) is 0 Å². The van der Waals surface area contributed by atoms with Crippen LogP contribution in [0.25, 0.3) is 0 Å². The molecule has 2 atom stereocenters. The van der Waals surface area contributed by atoms with Crippen LogP contribution in [0.5, 0.6) is 0 Å². The normalized spacial score (nSPS) is 14.0. The van der Waals surface area contributed by atoms with Crippen molar-refractivity contribution in [3.05, 3.63) is 29.3 Å². The number of aryl methyl sites for hydroxylation is 1. The van der Waals surface area contributed by atoms with E-state index in [1.54, 1.807) is 12.1 Å². The first kappa shape index (κ1) is 14.9. The van der Waals surface area contributed by atoms with E-state index in [2.05, 4.69) is 5.32 Å². The molecule has 0 aliphatic carbocycles. The van der Waals surface area contributed by atoms with Gasteiger partial charge >= 0.3 is 0 Å². The fourth-order valence-corrected chi connectivity index (χ4v) is 2.31. The molecule has 1 rings (SSSR count). The molecule has 0 heterocycles. The van der Waals surface area contributed by atoms with Crippen LogP contribution in [0.15, 0.2) is 18.2 Å². The molecular weight excluding hydrogens is 248 g/mol. The number of hydrogen-bond acceptors (Lipinski definition) is 4. The van der Waals surface area contributed by atoms with Crippen LogP contribution < -0.4 is 11.1 Å². The van der Waals surface area contributed by atoms with Crippen LogP contribution in [0.4, 0.5) is 5.69 Å². The molecule has 5 heteroatoms. The molecule has 1 amide bonds. The Kier molecular flexibility index (Phi) is 5.50. The summed E-state index contributed by atoms with van der Waals surface area (Å²) in [5, 5.41) is 12.0. The number of hydrogen-bond donors (Lipinski definition) is 3. The van der Waals surface area contributed by atoms with Crippen molar-refractivity contribution >= 4 is 23.4 Å². The lowest BCUT2D eigenvalue weighted by molar-refractivity contribution is 0.0937. The summed E-state index contributed by atoms with van der Waals surface area (Å²) >= 11 is 1.53. The maximum absolute atomic E-state index is 12.1. The van der Waals surface area contributed by atoms with Crippen molar-refractivity contribution in [1.82, 2.24) is 5.32 Å². The Morgan fingerprint density at radius 2 is 2.22 bits per heavy atom. The Morgan fingerprint density at radius 1 is 1.56 bits per heavy atom. The molecule has 0 aromatic heterocycles. The SMILES string of the molecule is CSC(CO)C(C)NC(=O)c1cc(C)ccc1N. The summed E-state index contributed by atoms with van der Waals surface area (Å²) in [5.74, 6) is -0.198. The van der Waals surface area contributed by atoms with Gasteiger partial charge < -0.3 is 16.2 Å². The Morgan fingerprint density at radius 3 is 2.78 bits per heavy atom. The van der Waals surface area contributed by atoms with Gasteiger partial charge in [-0.15, -0.1) is 0 Å². The first-order valence-electron chi connectivity index (χ1n) is 5.80. The van der Waals surface area contributed by atoms with Gasteiger partial charge in [-0.25, -0.2) is 0 Å². The zero-order valence-corrected chi connectivity index (χ0v) is 11.8. The second-order valence-electron chi connectivity index (χ2n) is 4.31. The number of thioether (sulfide) groups is 1.